The van der Waals surface area contributed by atoms with Crippen LogP contribution in [0.5, 0.6) is 5.75 Å². The number of hydrogen-bond donors (Lipinski definition) is 1. The predicted octanol–water partition coefficient (Wildman–Crippen LogP) is 7.13. The number of sulfonamides is 1. The third kappa shape index (κ3) is 7.34. The number of nitrogens with two attached hydrogens (primary N) is 1. The van der Waals surface area contributed by atoms with Crippen LogP contribution >= 0.6 is 23.2 Å². The predicted molar refractivity (Wildman–Crippen MR) is 162 cm³/mol. The molecule has 0 aromatic heterocycles. The lowest BCUT2D eigenvalue weighted by molar-refractivity contribution is -0.137. The Morgan fingerprint density at radius 2 is 1.66 bits per heavy atom. The lowest BCUT2D eigenvalue weighted by Gasteiger charge is -2.40. The standard InChI is InChI=1S/C31H32Cl2F3N3O4S/c32-23-15-21(16-24(33)17-23)28(18-30(37)40)39(44(41,42)25-7-5-22(6-8-25)31(34,35)36)27-10-13-43-29-14-20(4-9-26(27)29)19-38-11-2-1-3-12-38/h4-9,14-17,27-28H,1-3,10-13,18-19H2,(H2,37,40). The van der Waals surface area contributed by atoms with Crippen LogP contribution in [0.15, 0.2) is 65.6 Å². The molecule has 2 unspecified atom stereocenters. The number of likely N-dealkylation sites (tertiary alicyclic amines) is 1. The molecule has 2 heterocycles. The third-order valence-corrected chi connectivity index (χ3v) is 10.3. The molecule has 2 atom stereocenters. The molecule has 44 heavy (non-hydrogen) atoms. The SMILES string of the molecule is NC(=O)CC(c1cc(Cl)cc(Cl)c1)N(C1CCOc2cc(CN3CCCCC3)ccc21)S(=O)(=O)c1ccc(C(F)(F)F)cc1. The van der Waals surface area contributed by atoms with Gasteiger partial charge in [-0.3, -0.25) is 9.69 Å². The van der Waals surface area contributed by atoms with Crippen LogP contribution in [0.4, 0.5) is 13.2 Å². The van der Waals surface area contributed by atoms with Gasteiger partial charge in [-0.2, -0.15) is 17.5 Å². The summed E-state index contributed by atoms with van der Waals surface area (Å²) >= 11 is 12.6. The van der Waals surface area contributed by atoms with Gasteiger partial charge in [-0.05, 0) is 85.6 Å². The summed E-state index contributed by atoms with van der Waals surface area (Å²) in [6.45, 7) is 2.89. The number of alkyl halides is 3. The zero-order valence-electron chi connectivity index (χ0n) is 23.7. The smallest absolute Gasteiger partial charge is 0.416 e. The first-order valence-corrected chi connectivity index (χ1v) is 16.5. The van der Waals surface area contributed by atoms with Gasteiger partial charge < -0.3 is 10.5 Å². The van der Waals surface area contributed by atoms with E-state index >= 15 is 0 Å². The lowest BCUT2D eigenvalue weighted by atomic mass is 9.95. The van der Waals surface area contributed by atoms with Crippen LogP contribution in [0.2, 0.25) is 10.0 Å². The molecule has 1 saturated heterocycles. The molecule has 2 aliphatic rings. The molecule has 7 nitrogen and oxygen atoms in total. The van der Waals surface area contributed by atoms with Gasteiger partial charge >= 0.3 is 6.18 Å². The van der Waals surface area contributed by atoms with Gasteiger partial charge in [0.05, 0.1) is 29.1 Å². The molecular weight excluding hydrogens is 638 g/mol. The van der Waals surface area contributed by atoms with Crippen LogP contribution in [0.1, 0.15) is 66.4 Å². The van der Waals surface area contributed by atoms with Crippen LogP contribution in [0, 0.1) is 0 Å². The molecule has 0 radical (unpaired) electrons. The molecule has 0 saturated carbocycles. The number of hydrogen-bond acceptors (Lipinski definition) is 5. The minimum absolute atomic E-state index is 0.170. The number of amides is 1. The van der Waals surface area contributed by atoms with E-state index in [1.165, 1.54) is 24.6 Å². The summed E-state index contributed by atoms with van der Waals surface area (Å²) in [6.07, 6.45) is -1.40. The van der Waals surface area contributed by atoms with Gasteiger partial charge in [0.25, 0.3) is 0 Å². The highest BCUT2D eigenvalue weighted by Crippen LogP contribution is 2.45. The highest BCUT2D eigenvalue weighted by atomic mass is 35.5. The maximum absolute atomic E-state index is 14.5. The molecule has 0 spiro atoms. The number of carbonyl (C=O) groups excluding carboxylic acids is 1. The van der Waals surface area contributed by atoms with Crippen molar-refractivity contribution < 1.29 is 31.1 Å². The summed E-state index contributed by atoms with van der Waals surface area (Å²) in [4.78, 5) is 14.4. The van der Waals surface area contributed by atoms with E-state index in [2.05, 4.69) is 4.90 Å². The Balaban J connectivity index is 1.62. The van der Waals surface area contributed by atoms with Crippen LogP contribution in [-0.2, 0) is 27.5 Å². The summed E-state index contributed by atoms with van der Waals surface area (Å²) in [5.74, 6) is -0.284. The van der Waals surface area contributed by atoms with E-state index < -0.39 is 46.2 Å². The molecule has 0 bridgehead atoms. The fourth-order valence-corrected chi connectivity index (χ4v) is 8.31. The van der Waals surface area contributed by atoms with Crippen molar-refractivity contribution in [3.05, 3.63) is 93.0 Å². The van der Waals surface area contributed by atoms with E-state index in [4.69, 9.17) is 33.7 Å². The van der Waals surface area contributed by atoms with Crippen molar-refractivity contribution >= 4 is 39.1 Å². The van der Waals surface area contributed by atoms with Crippen molar-refractivity contribution in [1.29, 1.82) is 0 Å². The Morgan fingerprint density at radius 3 is 2.27 bits per heavy atom. The number of nitrogens with zero attached hydrogens (tertiary/aromatic N) is 2. The van der Waals surface area contributed by atoms with E-state index in [9.17, 15) is 26.4 Å². The molecule has 1 fully saturated rings. The molecule has 13 heteroatoms. The molecule has 1 amide bonds. The number of rotatable bonds is 9. The molecule has 3 aromatic rings. The molecule has 2 aliphatic heterocycles. The minimum atomic E-state index is -4.65. The number of fused-ring (bicyclic) bond motifs is 1. The average molecular weight is 671 g/mol. The third-order valence-electron chi connectivity index (χ3n) is 7.98. The Hall–Kier alpha value is -2.83. The number of piperidine rings is 1. The summed E-state index contributed by atoms with van der Waals surface area (Å²) in [5.41, 5.74) is 6.55. The van der Waals surface area contributed by atoms with Gasteiger partial charge in [0.2, 0.25) is 15.9 Å². The number of carbonyl (C=O) groups is 1. The van der Waals surface area contributed by atoms with Crippen LogP contribution in [0.25, 0.3) is 0 Å². The molecule has 5 rings (SSSR count). The summed E-state index contributed by atoms with van der Waals surface area (Å²) < 4.78 is 76.1. The second-order valence-electron chi connectivity index (χ2n) is 11.1. The van der Waals surface area contributed by atoms with Crippen LogP contribution in [0.3, 0.4) is 0 Å². The lowest BCUT2D eigenvalue weighted by Crippen LogP contribution is -2.41. The first kappa shape index (κ1) is 32.6. The molecule has 3 aromatic carbocycles. The van der Waals surface area contributed by atoms with Crippen molar-refractivity contribution in [2.24, 2.45) is 5.73 Å². The number of ether oxygens (including phenoxy) is 1. The molecule has 236 valence electrons. The first-order chi connectivity index (χ1) is 20.8. The zero-order valence-corrected chi connectivity index (χ0v) is 26.0. The van der Waals surface area contributed by atoms with E-state index in [1.807, 2.05) is 18.2 Å². The van der Waals surface area contributed by atoms with Crippen LogP contribution < -0.4 is 10.5 Å². The first-order valence-electron chi connectivity index (χ1n) is 14.3. The topological polar surface area (TPSA) is 92.9 Å². The number of benzene rings is 3. The Labute approximate surface area is 264 Å². The molecule has 2 N–H and O–H groups in total. The average Bonchev–Trinajstić information content (AvgIpc) is 2.96. The van der Waals surface area contributed by atoms with Gasteiger partial charge in [0.1, 0.15) is 5.75 Å². The normalized spacial score (nSPS) is 18.5. The van der Waals surface area contributed by atoms with E-state index in [0.717, 1.165) is 66.6 Å². The van der Waals surface area contributed by atoms with Crippen molar-refractivity contribution in [1.82, 2.24) is 9.21 Å². The van der Waals surface area contributed by atoms with Crippen molar-refractivity contribution in [3.8, 4) is 5.75 Å². The summed E-state index contributed by atoms with van der Waals surface area (Å²) in [5, 5.41) is 0.423. The minimum Gasteiger partial charge on any atom is -0.493 e. The maximum atomic E-state index is 14.5. The second-order valence-corrected chi connectivity index (χ2v) is 13.8. The van der Waals surface area contributed by atoms with Gasteiger partial charge in [-0.25, -0.2) is 8.42 Å². The van der Waals surface area contributed by atoms with Crippen molar-refractivity contribution in [2.75, 3.05) is 19.7 Å². The van der Waals surface area contributed by atoms with Gasteiger partial charge in [-0.15, -0.1) is 0 Å². The van der Waals surface area contributed by atoms with Crippen molar-refractivity contribution in [2.45, 2.75) is 61.8 Å². The Morgan fingerprint density at radius 1 is 1.00 bits per heavy atom. The monoisotopic (exact) mass is 669 g/mol. The second kappa shape index (κ2) is 13.3. The van der Waals surface area contributed by atoms with Gasteiger partial charge in [0.15, 0.2) is 0 Å². The van der Waals surface area contributed by atoms with E-state index in [-0.39, 0.29) is 28.0 Å². The van der Waals surface area contributed by atoms with Crippen LogP contribution in [-0.4, -0.2) is 43.2 Å². The largest absolute Gasteiger partial charge is 0.493 e. The highest BCUT2D eigenvalue weighted by molar-refractivity contribution is 7.89. The van der Waals surface area contributed by atoms with E-state index in [0.29, 0.717) is 16.9 Å². The summed E-state index contributed by atoms with van der Waals surface area (Å²) in [6, 6.07) is 11.4. The number of halogens is 5. The molecule has 0 aliphatic carbocycles. The fourth-order valence-electron chi connectivity index (χ4n) is 5.96. The van der Waals surface area contributed by atoms with Gasteiger partial charge in [0, 0.05) is 35.0 Å². The fraction of sp³-hybridized carbons (Fsp3) is 0.387. The zero-order chi connectivity index (χ0) is 31.6. The number of primary amides is 1. The van der Waals surface area contributed by atoms with Gasteiger partial charge in [-0.1, -0.05) is 41.8 Å². The quantitative estimate of drug-likeness (QED) is 0.262. The summed E-state index contributed by atoms with van der Waals surface area (Å²) in [7, 11) is -4.55. The maximum Gasteiger partial charge on any atom is 0.416 e. The highest BCUT2D eigenvalue weighted by Gasteiger charge is 2.42. The van der Waals surface area contributed by atoms with E-state index in [1.54, 1.807) is 0 Å². The molecular formula is C31H32Cl2F3N3O4S. The van der Waals surface area contributed by atoms with Crippen molar-refractivity contribution in [3.63, 3.8) is 0 Å². The Kier molecular flexibility index (Phi) is 9.81. The Bertz CT molecular complexity index is 1590.